The molecule has 6 rings (SSSR count). The fourth-order valence-electron chi connectivity index (χ4n) is 5.12. The number of sulfonamides is 1. The van der Waals surface area contributed by atoms with Crippen LogP contribution < -0.4 is 4.31 Å². The van der Waals surface area contributed by atoms with Crippen LogP contribution in [0.5, 0.6) is 0 Å². The van der Waals surface area contributed by atoms with E-state index in [9.17, 15) is 8.42 Å². The van der Waals surface area contributed by atoms with E-state index in [1.807, 2.05) is 25.1 Å². The minimum absolute atomic E-state index is 0.0693. The molecule has 0 saturated heterocycles. The molecule has 2 aromatic heterocycles. The van der Waals surface area contributed by atoms with Gasteiger partial charge < -0.3 is 0 Å². The van der Waals surface area contributed by atoms with Crippen LogP contribution >= 0.6 is 11.3 Å². The number of H-pyrrole nitrogens is 1. The number of aromatic amines is 1. The number of hydrogen-bond donors (Lipinski definition) is 1. The molecule has 178 valence electrons. The van der Waals surface area contributed by atoms with E-state index in [1.165, 1.54) is 10.4 Å². The molecular formula is C28H27N3O2S2. The SMILES string of the molecule is Cc1ccc(S(=O)(=O)N(c2n[nH]c3c2C=CC(c2ccccc2)(c2cccs2)C3)C2CCC2)cc1. The van der Waals surface area contributed by atoms with Gasteiger partial charge in [-0.05, 0) is 55.3 Å². The molecule has 1 atom stereocenters. The molecule has 0 spiro atoms. The average Bonchev–Trinajstić information content (AvgIpc) is 3.52. The highest BCUT2D eigenvalue weighted by molar-refractivity contribution is 7.92. The summed E-state index contributed by atoms with van der Waals surface area (Å²) < 4.78 is 29.3. The maximum atomic E-state index is 13.8. The second kappa shape index (κ2) is 8.50. The van der Waals surface area contributed by atoms with Gasteiger partial charge in [0.25, 0.3) is 10.0 Å². The molecule has 2 aromatic carbocycles. The highest BCUT2D eigenvalue weighted by atomic mass is 32.2. The van der Waals surface area contributed by atoms with Crippen LogP contribution in [0.25, 0.3) is 6.08 Å². The van der Waals surface area contributed by atoms with Crippen LogP contribution in [0.2, 0.25) is 0 Å². The first-order valence-corrected chi connectivity index (χ1v) is 14.3. The Bertz CT molecular complexity index is 1470. The molecule has 2 aliphatic rings. The summed E-state index contributed by atoms with van der Waals surface area (Å²) in [5.41, 5.74) is 3.76. The third-order valence-corrected chi connectivity index (χ3v) is 10.2. The first kappa shape index (κ1) is 22.3. The molecule has 0 amide bonds. The summed E-state index contributed by atoms with van der Waals surface area (Å²) >= 11 is 1.74. The van der Waals surface area contributed by atoms with Crippen molar-refractivity contribution in [3.8, 4) is 0 Å². The lowest BCUT2D eigenvalue weighted by Gasteiger charge is -2.38. The van der Waals surface area contributed by atoms with Gasteiger partial charge in [0.15, 0.2) is 5.82 Å². The number of rotatable bonds is 6. The summed E-state index contributed by atoms with van der Waals surface area (Å²) in [6, 6.07) is 21.8. The fraction of sp³-hybridized carbons (Fsp3) is 0.250. The van der Waals surface area contributed by atoms with E-state index in [0.29, 0.717) is 17.1 Å². The van der Waals surface area contributed by atoms with Gasteiger partial charge in [-0.25, -0.2) is 12.7 Å². The zero-order valence-corrected chi connectivity index (χ0v) is 21.1. The smallest absolute Gasteiger partial charge is 0.265 e. The number of thiophene rings is 1. The van der Waals surface area contributed by atoms with Crippen molar-refractivity contribution in [3.05, 3.63) is 105 Å². The van der Waals surface area contributed by atoms with E-state index in [-0.39, 0.29) is 11.5 Å². The van der Waals surface area contributed by atoms with Gasteiger partial charge in [-0.3, -0.25) is 5.10 Å². The first-order valence-electron chi connectivity index (χ1n) is 12.0. The second-order valence-corrected chi connectivity index (χ2v) is 12.2. The average molecular weight is 502 g/mol. The molecule has 1 unspecified atom stereocenters. The monoisotopic (exact) mass is 501 g/mol. The lowest BCUT2D eigenvalue weighted by atomic mass is 9.72. The minimum Gasteiger partial charge on any atom is -0.280 e. The van der Waals surface area contributed by atoms with Crippen molar-refractivity contribution in [2.24, 2.45) is 0 Å². The van der Waals surface area contributed by atoms with E-state index in [2.05, 4.69) is 64.1 Å². The number of fused-ring (bicyclic) bond motifs is 1. The Morgan fingerprint density at radius 1 is 1.03 bits per heavy atom. The van der Waals surface area contributed by atoms with Crippen LogP contribution in [0.1, 0.15) is 46.5 Å². The van der Waals surface area contributed by atoms with E-state index >= 15 is 0 Å². The highest BCUT2D eigenvalue weighted by Gasteiger charge is 2.42. The number of aryl methyl sites for hydroxylation is 1. The van der Waals surface area contributed by atoms with Gasteiger partial charge in [-0.2, -0.15) is 5.10 Å². The molecule has 5 nitrogen and oxygen atoms in total. The van der Waals surface area contributed by atoms with Crippen LogP contribution in [0, 0.1) is 6.92 Å². The molecule has 4 aromatic rings. The number of benzene rings is 2. The number of hydrogen-bond acceptors (Lipinski definition) is 4. The third kappa shape index (κ3) is 3.65. The van der Waals surface area contributed by atoms with Crippen LogP contribution in [-0.2, 0) is 21.9 Å². The summed E-state index contributed by atoms with van der Waals surface area (Å²) in [5.74, 6) is 0.509. The van der Waals surface area contributed by atoms with E-state index in [1.54, 1.807) is 27.8 Å². The van der Waals surface area contributed by atoms with Crippen molar-refractivity contribution in [2.45, 2.75) is 49.0 Å². The Morgan fingerprint density at radius 2 is 1.80 bits per heavy atom. The van der Waals surface area contributed by atoms with Gasteiger partial charge in [0.2, 0.25) is 0 Å². The zero-order chi connectivity index (χ0) is 24.0. The Balaban J connectivity index is 1.45. The quantitative estimate of drug-likeness (QED) is 0.348. The van der Waals surface area contributed by atoms with Crippen molar-refractivity contribution < 1.29 is 8.42 Å². The topological polar surface area (TPSA) is 66.1 Å². The van der Waals surface area contributed by atoms with Crippen LogP contribution in [0.15, 0.2) is 83.1 Å². The summed E-state index contributed by atoms with van der Waals surface area (Å²) in [4.78, 5) is 1.56. The normalized spacial score (nSPS) is 19.8. The summed E-state index contributed by atoms with van der Waals surface area (Å²) in [6.07, 6.45) is 7.72. The zero-order valence-electron chi connectivity index (χ0n) is 19.5. The Morgan fingerprint density at radius 3 is 2.46 bits per heavy atom. The molecule has 1 N–H and O–H groups in total. The number of aromatic nitrogens is 2. The van der Waals surface area contributed by atoms with Crippen molar-refractivity contribution in [1.82, 2.24) is 10.2 Å². The minimum atomic E-state index is -3.74. The molecule has 1 fully saturated rings. The Kier molecular flexibility index (Phi) is 5.42. The lowest BCUT2D eigenvalue weighted by Crippen LogP contribution is -2.45. The molecule has 35 heavy (non-hydrogen) atoms. The highest BCUT2D eigenvalue weighted by Crippen LogP contribution is 2.46. The van der Waals surface area contributed by atoms with Gasteiger partial charge in [0, 0.05) is 28.6 Å². The van der Waals surface area contributed by atoms with Gasteiger partial charge >= 0.3 is 0 Å². The maximum Gasteiger partial charge on any atom is 0.265 e. The number of allylic oxidation sites excluding steroid dienone is 1. The van der Waals surface area contributed by atoms with Gasteiger partial charge in [0.1, 0.15) is 0 Å². The standard InChI is InChI=1S/C28H27N3O2S2/c1-20-12-14-23(15-13-20)35(32,33)31(22-9-5-10-22)27-24-16-17-28(19-25(24)29-30-27,26-11-6-18-34-26)21-7-3-2-4-8-21/h2-4,6-8,11-18,22H,5,9-10,19H2,1H3,(H,29,30). The van der Waals surface area contributed by atoms with Gasteiger partial charge in [0.05, 0.1) is 10.3 Å². The van der Waals surface area contributed by atoms with E-state index in [4.69, 9.17) is 0 Å². The predicted octanol–water partition coefficient (Wildman–Crippen LogP) is 6.08. The number of anilines is 1. The molecule has 0 aliphatic heterocycles. The molecule has 1 saturated carbocycles. The predicted molar refractivity (Wildman–Crippen MR) is 141 cm³/mol. The van der Waals surface area contributed by atoms with Crippen molar-refractivity contribution in [1.29, 1.82) is 0 Å². The van der Waals surface area contributed by atoms with E-state index < -0.39 is 10.0 Å². The number of nitrogens with one attached hydrogen (secondary N) is 1. The fourth-order valence-corrected chi connectivity index (χ4v) is 7.73. The van der Waals surface area contributed by atoms with Crippen LogP contribution in [0.4, 0.5) is 5.82 Å². The summed E-state index contributed by atoms with van der Waals surface area (Å²) in [7, 11) is -3.74. The molecule has 2 heterocycles. The maximum absolute atomic E-state index is 13.8. The van der Waals surface area contributed by atoms with Crippen molar-refractivity contribution >= 4 is 33.3 Å². The Hall–Kier alpha value is -3.16. The third-order valence-electron chi connectivity index (χ3n) is 7.30. The van der Waals surface area contributed by atoms with Crippen molar-refractivity contribution in [3.63, 3.8) is 0 Å². The number of nitrogens with zero attached hydrogens (tertiary/aromatic N) is 2. The van der Waals surface area contributed by atoms with Gasteiger partial charge in [-0.1, -0.05) is 66.2 Å². The molecule has 2 aliphatic carbocycles. The summed E-state index contributed by atoms with van der Waals surface area (Å²) in [5, 5.41) is 9.96. The molecule has 0 radical (unpaired) electrons. The van der Waals surface area contributed by atoms with Crippen LogP contribution in [0.3, 0.4) is 0 Å². The summed E-state index contributed by atoms with van der Waals surface area (Å²) in [6.45, 7) is 1.96. The lowest BCUT2D eigenvalue weighted by molar-refractivity contribution is 0.413. The molecule has 7 heteroatoms. The van der Waals surface area contributed by atoms with Crippen LogP contribution in [-0.4, -0.2) is 24.7 Å². The van der Waals surface area contributed by atoms with E-state index in [0.717, 1.165) is 36.1 Å². The second-order valence-electron chi connectivity index (χ2n) is 9.46. The van der Waals surface area contributed by atoms with Crippen molar-refractivity contribution in [2.75, 3.05) is 4.31 Å². The molecule has 0 bridgehead atoms. The largest absolute Gasteiger partial charge is 0.280 e. The first-order chi connectivity index (χ1) is 17.0. The Labute approximate surface area is 210 Å². The van der Waals surface area contributed by atoms with Gasteiger partial charge in [-0.15, -0.1) is 11.3 Å². The molecular weight excluding hydrogens is 474 g/mol.